The van der Waals surface area contributed by atoms with Gasteiger partial charge in [0.2, 0.25) is 5.91 Å². The molecule has 1 N–H and O–H groups in total. The van der Waals surface area contributed by atoms with Gasteiger partial charge in [-0.05, 0) is 74.5 Å². The van der Waals surface area contributed by atoms with Crippen molar-refractivity contribution in [3.63, 3.8) is 0 Å². The van der Waals surface area contributed by atoms with Crippen molar-refractivity contribution < 1.29 is 4.79 Å². The van der Waals surface area contributed by atoms with Crippen LogP contribution in [0.1, 0.15) is 65.9 Å². The molecule has 0 saturated heterocycles. The van der Waals surface area contributed by atoms with Gasteiger partial charge >= 0.3 is 0 Å². The Morgan fingerprint density at radius 1 is 1.22 bits per heavy atom. The summed E-state index contributed by atoms with van der Waals surface area (Å²) in [6.07, 6.45) is 8.21. The zero-order valence-corrected chi connectivity index (χ0v) is 18.4. The highest BCUT2D eigenvalue weighted by molar-refractivity contribution is 5.93. The van der Waals surface area contributed by atoms with E-state index in [1.807, 2.05) is 14.1 Å². The molecule has 0 unspecified atom stereocenters. The van der Waals surface area contributed by atoms with Crippen molar-refractivity contribution in [2.45, 2.75) is 60.3 Å². The molecule has 0 heterocycles. The lowest BCUT2D eigenvalue weighted by Crippen LogP contribution is -2.25. The standard InChI is InChI=1S/C24H38N2O/c1-8-10-11-23(27)26(7)21-14-12-20(13-15-21)22(19(3)9-2)18-24(4,5)16-17-25-6/h9,12-15,18,25H,8,10-11,16-17H2,1-7H3/b19-9+,22-18+. The van der Waals surface area contributed by atoms with Crippen LogP contribution < -0.4 is 10.2 Å². The van der Waals surface area contributed by atoms with Gasteiger partial charge in [-0.3, -0.25) is 4.79 Å². The lowest BCUT2D eigenvalue weighted by molar-refractivity contribution is -0.118. The molecule has 1 aromatic carbocycles. The Kier molecular flexibility index (Phi) is 9.51. The minimum absolute atomic E-state index is 0.105. The quantitative estimate of drug-likeness (QED) is 0.526. The zero-order chi connectivity index (χ0) is 20.4. The third kappa shape index (κ3) is 7.34. The molecule has 0 fully saturated rings. The lowest BCUT2D eigenvalue weighted by atomic mass is 9.83. The summed E-state index contributed by atoms with van der Waals surface area (Å²) < 4.78 is 0. The van der Waals surface area contributed by atoms with E-state index in [1.54, 1.807) is 4.90 Å². The summed E-state index contributed by atoms with van der Waals surface area (Å²) in [5, 5.41) is 3.24. The average molecular weight is 371 g/mol. The zero-order valence-electron chi connectivity index (χ0n) is 18.4. The monoisotopic (exact) mass is 370 g/mol. The molecule has 0 aliphatic heterocycles. The topological polar surface area (TPSA) is 32.3 Å². The fourth-order valence-electron chi connectivity index (χ4n) is 2.99. The second-order valence-electron chi connectivity index (χ2n) is 7.98. The molecular formula is C24H38N2O. The summed E-state index contributed by atoms with van der Waals surface area (Å²) in [4.78, 5) is 14.0. The molecule has 1 rings (SSSR count). The third-order valence-electron chi connectivity index (χ3n) is 5.10. The largest absolute Gasteiger partial charge is 0.320 e. The Balaban J connectivity index is 3.10. The number of carbonyl (C=O) groups is 1. The minimum atomic E-state index is 0.105. The highest BCUT2D eigenvalue weighted by Gasteiger charge is 2.17. The molecule has 27 heavy (non-hydrogen) atoms. The van der Waals surface area contributed by atoms with Crippen LogP contribution in [0.3, 0.4) is 0 Å². The Hall–Kier alpha value is -1.87. The van der Waals surface area contributed by atoms with E-state index in [-0.39, 0.29) is 11.3 Å². The van der Waals surface area contributed by atoms with Crippen molar-refractivity contribution in [2.24, 2.45) is 5.41 Å². The SMILES string of the molecule is C/C=C(C)/C(=C\C(C)(C)CCNC)c1ccc(N(C)C(=O)CCCC)cc1. The second-order valence-corrected chi connectivity index (χ2v) is 7.98. The molecule has 0 atom stereocenters. The lowest BCUT2D eigenvalue weighted by Gasteiger charge is -2.23. The van der Waals surface area contributed by atoms with Crippen LogP contribution in [0.4, 0.5) is 5.69 Å². The summed E-state index contributed by atoms with van der Waals surface area (Å²) in [7, 11) is 3.86. The molecule has 150 valence electrons. The van der Waals surface area contributed by atoms with Gasteiger partial charge in [0.05, 0.1) is 0 Å². The number of benzene rings is 1. The van der Waals surface area contributed by atoms with Gasteiger partial charge in [-0.1, -0.05) is 51.5 Å². The van der Waals surface area contributed by atoms with Crippen LogP contribution in [0.15, 0.2) is 42.0 Å². The Labute approximate surface area is 166 Å². The van der Waals surface area contributed by atoms with Crippen molar-refractivity contribution in [3.05, 3.63) is 47.6 Å². The predicted molar refractivity (Wildman–Crippen MR) is 119 cm³/mol. The van der Waals surface area contributed by atoms with Crippen molar-refractivity contribution >= 4 is 17.2 Å². The number of rotatable bonds is 10. The molecule has 1 aromatic rings. The van der Waals surface area contributed by atoms with Crippen LogP contribution in [-0.4, -0.2) is 26.5 Å². The van der Waals surface area contributed by atoms with Crippen molar-refractivity contribution in [1.82, 2.24) is 5.32 Å². The number of amides is 1. The molecule has 3 heteroatoms. The number of hydrogen-bond acceptors (Lipinski definition) is 2. The van der Waals surface area contributed by atoms with Crippen molar-refractivity contribution in [2.75, 3.05) is 25.5 Å². The second kappa shape index (κ2) is 11.1. The smallest absolute Gasteiger partial charge is 0.226 e. The van der Waals surface area contributed by atoms with Crippen molar-refractivity contribution in [3.8, 4) is 0 Å². The number of allylic oxidation sites excluding steroid dienone is 4. The first-order valence-corrected chi connectivity index (χ1v) is 10.1. The van der Waals surface area contributed by atoms with E-state index in [4.69, 9.17) is 0 Å². The molecule has 0 aliphatic carbocycles. The average Bonchev–Trinajstić information content (AvgIpc) is 2.67. The van der Waals surface area contributed by atoms with Gasteiger partial charge in [0.15, 0.2) is 0 Å². The van der Waals surface area contributed by atoms with E-state index in [2.05, 4.69) is 76.4 Å². The highest BCUT2D eigenvalue weighted by Crippen LogP contribution is 2.32. The molecule has 0 saturated carbocycles. The first kappa shape index (κ1) is 23.2. The van der Waals surface area contributed by atoms with Crippen LogP contribution in [0.5, 0.6) is 0 Å². The first-order valence-electron chi connectivity index (χ1n) is 10.1. The predicted octanol–water partition coefficient (Wildman–Crippen LogP) is 5.82. The van der Waals surface area contributed by atoms with E-state index in [1.165, 1.54) is 16.7 Å². The maximum atomic E-state index is 12.3. The van der Waals surface area contributed by atoms with Gasteiger partial charge in [-0.15, -0.1) is 0 Å². The maximum Gasteiger partial charge on any atom is 0.226 e. The molecule has 0 radical (unpaired) electrons. The van der Waals surface area contributed by atoms with Crippen LogP contribution >= 0.6 is 0 Å². The van der Waals surface area contributed by atoms with E-state index in [9.17, 15) is 4.79 Å². The summed E-state index contributed by atoms with van der Waals surface area (Å²) in [6.45, 7) is 11.9. The number of hydrogen-bond donors (Lipinski definition) is 1. The molecule has 0 spiro atoms. The van der Waals surface area contributed by atoms with Gasteiger partial charge in [-0.2, -0.15) is 0 Å². The minimum Gasteiger partial charge on any atom is -0.320 e. The Morgan fingerprint density at radius 2 is 1.85 bits per heavy atom. The van der Waals surface area contributed by atoms with Crippen LogP contribution in [0.2, 0.25) is 0 Å². The van der Waals surface area contributed by atoms with Crippen LogP contribution in [0, 0.1) is 5.41 Å². The highest BCUT2D eigenvalue weighted by atomic mass is 16.2. The number of unbranched alkanes of at least 4 members (excludes halogenated alkanes) is 1. The number of nitrogens with one attached hydrogen (secondary N) is 1. The third-order valence-corrected chi connectivity index (χ3v) is 5.10. The first-order chi connectivity index (χ1) is 12.8. The van der Waals surface area contributed by atoms with Crippen LogP contribution in [-0.2, 0) is 4.79 Å². The van der Waals surface area contributed by atoms with E-state index in [0.29, 0.717) is 6.42 Å². The maximum absolute atomic E-state index is 12.3. The molecule has 3 nitrogen and oxygen atoms in total. The van der Waals surface area contributed by atoms with Crippen LogP contribution in [0.25, 0.3) is 5.57 Å². The van der Waals surface area contributed by atoms with E-state index < -0.39 is 0 Å². The molecule has 0 aromatic heterocycles. The van der Waals surface area contributed by atoms with Crippen molar-refractivity contribution in [1.29, 1.82) is 0 Å². The van der Waals surface area contributed by atoms with E-state index in [0.717, 1.165) is 31.5 Å². The molecule has 1 amide bonds. The van der Waals surface area contributed by atoms with Gasteiger partial charge in [0, 0.05) is 19.2 Å². The fourth-order valence-corrected chi connectivity index (χ4v) is 2.99. The number of carbonyl (C=O) groups excluding carboxylic acids is 1. The summed E-state index contributed by atoms with van der Waals surface area (Å²) >= 11 is 0. The van der Waals surface area contributed by atoms with Gasteiger partial charge in [0.25, 0.3) is 0 Å². The fraction of sp³-hybridized carbons (Fsp3) is 0.542. The summed E-state index contributed by atoms with van der Waals surface area (Å²) in [5.41, 5.74) is 4.79. The molecule has 0 aliphatic rings. The summed E-state index contributed by atoms with van der Waals surface area (Å²) in [6, 6.07) is 8.37. The number of nitrogens with zero attached hydrogens (tertiary/aromatic N) is 1. The Morgan fingerprint density at radius 3 is 2.37 bits per heavy atom. The summed E-state index contributed by atoms with van der Waals surface area (Å²) in [5.74, 6) is 0.179. The van der Waals surface area contributed by atoms with Gasteiger partial charge in [-0.25, -0.2) is 0 Å². The molecular weight excluding hydrogens is 332 g/mol. The molecule has 0 bridgehead atoms. The number of anilines is 1. The Bertz CT molecular complexity index is 653. The van der Waals surface area contributed by atoms with E-state index >= 15 is 0 Å². The normalized spacial score (nSPS) is 13.0. The van der Waals surface area contributed by atoms with Gasteiger partial charge in [0.1, 0.15) is 0 Å². The van der Waals surface area contributed by atoms with Gasteiger partial charge < -0.3 is 10.2 Å².